The first-order chi connectivity index (χ1) is 5.38. The molecular weight excluding hydrogens is 142 g/mol. The van der Waals surface area contributed by atoms with Crippen LogP contribution in [0.1, 0.15) is 0 Å². The minimum atomic E-state index is 0.0521. The van der Waals surface area contributed by atoms with Crippen molar-refractivity contribution in [1.29, 1.82) is 0 Å². The van der Waals surface area contributed by atoms with Gasteiger partial charge in [0.15, 0.2) is 0 Å². The second-order valence-electron chi connectivity index (χ2n) is 2.53. The Morgan fingerprint density at radius 3 is 2.64 bits per heavy atom. The summed E-state index contributed by atoms with van der Waals surface area (Å²) >= 11 is 0. The molecule has 1 saturated heterocycles. The molecule has 1 aliphatic rings. The van der Waals surface area contributed by atoms with Gasteiger partial charge in [-0.3, -0.25) is 4.99 Å². The summed E-state index contributed by atoms with van der Waals surface area (Å²) in [5.41, 5.74) is 0. The summed E-state index contributed by atoms with van der Waals surface area (Å²) < 4.78 is 0. The number of aliphatic imine (C=N–C) groups is 1. The summed E-state index contributed by atoms with van der Waals surface area (Å²) in [6.45, 7) is 3.93. The third-order valence-electron chi connectivity index (χ3n) is 1.88. The molecular formula is C7H15N3O. The highest BCUT2D eigenvalue weighted by Crippen LogP contribution is 1.93. The summed E-state index contributed by atoms with van der Waals surface area (Å²) in [5, 5.41) is 12.1. The lowest BCUT2D eigenvalue weighted by Gasteiger charge is -2.29. The Morgan fingerprint density at radius 1 is 1.55 bits per heavy atom. The van der Waals surface area contributed by atoms with Gasteiger partial charge in [-0.05, 0) is 0 Å². The number of hydrogen-bond donors (Lipinski definition) is 2. The average molecular weight is 157 g/mol. The third-order valence-corrected chi connectivity index (χ3v) is 1.88. The molecule has 0 bridgehead atoms. The number of nitrogens with zero attached hydrogens (tertiary/aromatic N) is 2. The monoisotopic (exact) mass is 157 g/mol. The largest absolute Gasteiger partial charge is 0.388 e. The number of aliphatic hydroxyl groups is 1. The Morgan fingerprint density at radius 2 is 2.18 bits per heavy atom. The van der Waals surface area contributed by atoms with E-state index in [1.54, 1.807) is 7.05 Å². The predicted molar refractivity (Wildman–Crippen MR) is 44.9 cm³/mol. The predicted octanol–water partition coefficient (Wildman–Crippen LogP) is -1.09. The van der Waals surface area contributed by atoms with E-state index in [2.05, 4.69) is 15.2 Å². The number of piperazine rings is 1. The fourth-order valence-electron chi connectivity index (χ4n) is 1.24. The molecule has 2 N–H and O–H groups in total. The van der Waals surface area contributed by atoms with Crippen LogP contribution < -0.4 is 5.32 Å². The number of aliphatic hydroxyl groups excluding tert-OH is 1. The van der Waals surface area contributed by atoms with Crippen LogP contribution in [0.5, 0.6) is 0 Å². The van der Waals surface area contributed by atoms with Gasteiger partial charge in [-0.1, -0.05) is 0 Å². The quantitative estimate of drug-likeness (QED) is 0.376. The fraction of sp³-hybridized carbons (Fsp3) is 0.857. The molecule has 0 aromatic heterocycles. The van der Waals surface area contributed by atoms with E-state index < -0.39 is 0 Å². The maximum absolute atomic E-state index is 8.89. The van der Waals surface area contributed by atoms with Gasteiger partial charge >= 0.3 is 0 Å². The molecule has 0 amide bonds. The number of nitrogens with one attached hydrogen (secondary N) is 1. The molecule has 64 valence electrons. The maximum Gasteiger partial charge on any atom is 0.125 e. The Bertz CT molecular complexity index is 141. The smallest absolute Gasteiger partial charge is 0.125 e. The zero-order valence-electron chi connectivity index (χ0n) is 6.88. The van der Waals surface area contributed by atoms with Crippen molar-refractivity contribution in [3.05, 3.63) is 0 Å². The van der Waals surface area contributed by atoms with Crippen molar-refractivity contribution < 1.29 is 5.11 Å². The summed E-state index contributed by atoms with van der Waals surface area (Å²) in [6, 6.07) is 0. The van der Waals surface area contributed by atoms with Crippen molar-refractivity contribution in [1.82, 2.24) is 10.2 Å². The molecule has 0 aromatic carbocycles. The first-order valence-electron chi connectivity index (χ1n) is 3.90. The van der Waals surface area contributed by atoms with Gasteiger partial charge in [0, 0.05) is 33.2 Å². The SMILES string of the molecule is CN=C(CO)N1CCNCC1. The Kier molecular flexibility index (Phi) is 3.32. The molecule has 4 heteroatoms. The molecule has 0 atom stereocenters. The van der Waals surface area contributed by atoms with Crippen molar-refractivity contribution >= 4 is 5.84 Å². The van der Waals surface area contributed by atoms with E-state index in [1.807, 2.05) is 0 Å². The highest BCUT2D eigenvalue weighted by atomic mass is 16.3. The molecule has 1 rings (SSSR count). The molecule has 1 heterocycles. The van der Waals surface area contributed by atoms with Crippen LogP contribution >= 0.6 is 0 Å². The minimum Gasteiger partial charge on any atom is -0.388 e. The van der Waals surface area contributed by atoms with Crippen molar-refractivity contribution in [2.24, 2.45) is 4.99 Å². The van der Waals surface area contributed by atoms with Crippen LogP contribution in [-0.4, -0.2) is 55.7 Å². The zero-order valence-corrected chi connectivity index (χ0v) is 6.88. The molecule has 0 spiro atoms. The van der Waals surface area contributed by atoms with Crippen LogP contribution in [0.15, 0.2) is 4.99 Å². The topological polar surface area (TPSA) is 47.9 Å². The Labute approximate surface area is 66.9 Å². The molecule has 4 nitrogen and oxygen atoms in total. The van der Waals surface area contributed by atoms with Crippen molar-refractivity contribution in [3.8, 4) is 0 Å². The molecule has 1 fully saturated rings. The first-order valence-corrected chi connectivity index (χ1v) is 3.90. The van der Waals surface area contributed by atoms with Gasteiger partial charge in [-0.15, -0.1) is 0 Å². The van der Waals surface area contributed by atoms with Gasteiger partial charge in [0.25, 0.3) is 0 Å². The van der Waals surface area contributed by atoms with E-state index in [-0.39, 0.29) is 6.61 Å². The molecule has 0 radical (unpaired) electrons. The van der Waals surface area contributed by atoms with E-state index in [0.29, 0.717) is 0 Å². The number of amidine groups is 1. The van der Waals surface area contributed by atoms with Crippen molar-refractivity contribution in [2.75, 3.05) is 39.8 Å². The minimum absolute atomic E-state index is 0.0521. The van der Waals surface area contributed by atoms with E-state index in [9.17, 15) is 0 Å². The van der Waals surface area contributed by atoms with Crippen molar-refractivity contribution in [2.45, 2.75) is 0 Å². The van der Waals surface area contributed by atoms with Crippen LogP contribution in [0.3, 0.4) is 0 Å². The van der Waals surface area contributed by atoms with Gasteiger partial charge < -0.3 is 15.3 Å². The molecule has 0 aliphatic carbocycles. The van der Waals surface area contributed by atoms with Crippen LogP contribution in [-0.2, 0) is 0 Å². The van der Waals surface area contributed by atoms with E-state index in [1.165, 1.54) is 0 Å². The summed E-state index contributed by atoms with van der Waals surface area (Å²) in [5.74, 6) is 0.798. The number of hydrogen-bond acceptors (Lipinski definition) is 3. The van der Waals surface area contributed by atoms with Gasteiger partial charge in [-0.25, -0.2) is 0 Å². The molecule has 0 saturated carbocycles. The van der Waals surface area contributed by atoms with Crippen LogP contribution in [0.4, 0.5) is 0 Å². The number of rotatable bonds is 1. The van der Waals surface area contributed by atoms with Gasteiger partial charge in [0.2, 0.25) is 0 Å². The zero-order chi connectivity index (χ0) is 8.10. The Balaban J connectivity index is 2.43. The second kappa shape index (κ2) is 4.31. The average Bonchev–Trinajstić information content (AvgIpc) is 2.09. The second-order valence-corrected chi connectivity index (χ2v) is 2.53. The van der Waals surface area contributed by atoms with E-state index in [4.69, 9.17) is 5.11 Å². The summed E-state index contributed by atoms with van der Waals surface area (Å²) in [4.78, 5) is 6.10. The summed E-state index contributed by atoms with van der Waals surface area (Å²) in [7, 11) is 1.72. The fourth-order valence-corrected chi connectivity index (χ4v) is 1.24. The van der Waals surface area contributed by atoms with E-state index in [0.717, 1.165) is 32.0 Å². The lowest BCUT2D eigenvalue weighted by Crippen LogP contribution is -2.47. The normalized spacial score (nSPS) is 20.5. The lowest BCUT2D eigenvalue weighted by atomic mass is 10.3. The third kappa shape index (κ3) is 2.17. The van der Waals surface area contributed by atoms with Crippen molar-refractivity contribution in [3.63, 3.8) is 0 Å². The standard InChI is InChI=1S/C7H15N3O/c1-8-7(6-11)10-4-2-9-3-5-10/h9,11H,2-6H2,1H3. The van der Waals surface area contributed by atoms with Crippen LogP contribution in [0.2, 0.25) is 0 Å². The Hall–Kier alpha value is -0.610. The highest BCUT2D eigenvalue weighted by Gasteiger charge is 2.11. The molecule has 0 aromatic rings. The van der Waals surface area contributed by atoms with Gasteiger partial charge in [0.1, 0.15) is 12.4 Å². The lowest BCUT2D eigenvalue weighted by molar-refractivity contribution is 0.300. The van der Waals surface area contributed by atoms with Gasteiger partial charge in [-0.2, -0.15) is 0 Å². The first kappa shape index (κ1) is 8.49. The molecule has 11 heavy (non-hydrogen) atoms. The van der Waals surface area contributed by atoms with E-state index >= 15 is 0 Å². The molecule has 1 aliphatic heterocycles. The maximum atomic E-state index is 8.89. The van der Waals surface area contributed by atoms with Crippen LogP contribution in [0.25, 0.3) is 0 Å². The van der Waals surface area contributed by atoms with Gasteiger partial charge in [0.05, 0.1) is 0 Å². The van der Waals surface area contributed by atoms with Crippen LogP contribution in [0, 0.1) is 0 Å². The molecule has 0 unspecified atom stereocenters. The summed E-state index contributed by atoms with van der Waals surface area (Å²) in [6.07, 6.45) is 0. The highest BCUT2D eigenvalue weighted by molar-refractivity contribution is 5.83.